The van der Waals surface area contributed by atoms with Gasteiger partial charge in [0.05, 0.1) is 0 Å². The molecule has 82 valence electrons. The summed E-state index contributed by atoms with van der Waals surface area (Å²) in [7, 11) is 1.52. The average molecular weight is 267 g/mol. The number of nitrogens with one attached hydrogen (secondary N) is 1. The van der Waals surface area contributed by atoms with Crippen LogP contribution in [-0.4, -0.2) is 13.1 Å². The second-order valence-electron chi connectivity index (χ2n) is 2.77. The lowest BCUT2D eigenvalue weighted by atomic mass is 10.3. The number of hydrogen-bond acceptors (Lipinski definition) is 2. The van der Waals surface area contributed by atoms with Gasteiger partial charge in [0.25, 0.3) is 0 Å². The van der Waals surface area contributed by atoms with Crippen molar-refractivity contribution in [3.63, 3.8) is 0 Å². The average Bonchev–Trinajstić information content (AvgIpc) is 2.15. The molecule has 1 aromatic carbocycles. The van der Waals surface area contributed by atoms with Gasteiger partial charge in [-0.05, 0) is 34.6 Å². The number of rotatable bonds is 2. The molecule has 0 fully saturated rings. The molecule has 0 atom stereocenters. The maximum atomic E-state index is 11.4. The molecule has 2 amide bonds. The number of hydrogen-bond donors (Lipinski definition) is 1. The summed E-state index contributed by atoms with van der Waals surface area (Å²) >= 11 is 10.4. The summed E-state index contributed by atoms with van der Waals surface area (Å²) in [6.07, 6.45) is 0. The van der Waals surface area contributed by atoms with Gasteiger partial charge in [-0.25, -0.2) is 4.79 Å². The van der Waals surface area contributed by atoms with Gasteiger partial charge in [-0.15, -0.1) is 0 Å². The van der Waals surface area contributed by atoms with Crippen LogP contribution < -0.4 is 9.99 Å². The third kappa shape index (κ3) is 4.12. The number of urea groups is 1. The molecule has 0 spiro atoms. The second-order valence-corrected chi connectivity index (χ2v) is 7.30. The number of para-hydroxylation sites is 1. The van der Waals surface area contributed by atoms with E-state index in [-0.39, 0.29) is 0 Å². The monoisotopic (exact) mass is 266 g/mol. The molecule has 0 bridgehead atoms. The minimum absolute atomic E-state index is 0.616. The lowest BCUT2D eigenvalue weighted by Crippen LogP contribution is -2.33. The molecule has 7 heteroatoms. The zero-order valence-corrected chi connectivity index (χ0v) is 10.3. The van der Waals surface area contributed by atoms with E-state index in [4.69, 9.17) is 22.5 Å². The Bertz CT molecular complexity index is 393. The van der Waals surface area contributed by atoms with Crippen LogP contribution in [0.25, 0.3) is 0 Å². The van der Waals surface area contributed by atoms with E-state index in [2.05, 4.69) is 0 Å². The predicted molar refractivity (Wildman–Crippen MR) is 62.7 cm³/mol. The quantitative estimate of drug-likeness (QED) is 0.834. The summed E-state index contributed by atoms with van der Waals surface area (Å²) in [6.45, 7) is 0. The number of nitrogens with zero attached hydrogens (tertiary/aromatic N) is 1. The number of carbonyl (C=O) groups excluding carboxylic acids is 1. The first-order chi connectivity index (χ1) is 6.90. The first kappa shape index (κ1) is 12.4. The molecular weight excluding hydrogens is 258 g/mol. The van der Waals surface area contributed by atoms with Crippen molar-refractivity contribution in [2.45, 2.75) is 0 Å². The highest BCUT2D eigenvalue weighted by Gasteiger charge is 2.20. The van der Waals surface area contributed by atoms with E-state index >= 15 is 0 Å². The number of halogens is 2. The minimum atomic E-state index is -3.59. The van der Waals surface area contributed by atoms with Gasteiger partial charge in [-0.3, -0.25) is 14.6 Å². The number of amides is 2. The minimum Gasteiger partial charge on any atom is -0.297 e. The highest BCUT2D eigenvalue weighted by molar-refractivity contribution is 8.07. The number of benzene rings is 1. The molecule has 0 heterocycles. The van der Waals surface area contributed by atoms with Gasteiger partial charge < -0.3 is 0 Å². The van der Waals surface area contributed by atoms with Crippen LogP contribution in [0, 0.1) is 0 Å². The van der Waals surface area contributed by atoms with Crippen LogP contribution in [-0.2, 0) is 4.57 Å². The smallest absolute Gasteiger partial charge is 0.297 e. The van der Waals surface area contributed by atoms with Gasteiger partial charge in [-0.1, -0.05) is 18.2 Å². The standard InChI is InChI=1S/C8H9Cl2N2O2P/c1-12(7-5-3-2-4-6-7)8(13)11-15(9,10)14/h2-6H,1H3,(H,11,13,14). The Balaban J connectivity index is 2.74. The maximum Gasteiger partial charge on any atom is 0.346 e. The maximum absolute atomic E-state index is 11.4. The van der Waals surface area contributed by atoms with Crippen molar-refractivity contribution < 1.29 is 9.36 Å². The van der Waals surface area contributed by atoms with Crippen molar-refractivity contribution in [1.29, 1.82) is 0 Å². The lowest BCUT2D eigenvalue weighted by molar-refractivity contribution is 0.252. The van der Waals surface area contributed by atoms with Gasteiger partial charge >= 0.3 is 12.0 Å². The second kappa shape index (κ2) is 4.88. The lowest BCUT2D eigenvalue weighted by Gasteiger charge is -2.17. The van der Waals surface area contributed by atoms with Gasteiger partial charge in [0.15, 0.2) is 0 Å². The fourth-order valence-corrected chi connectivity index (χ4v) is 1.76. The number of anilines is 1. The Labute approximate surface area is 97.2 Å². The first-order valence-electron chi connectivity index (χ1n) is 4.00. The van der Waals surface area contributed by atoms with Gasteiger partial charge in [0, 0.05) is 12.7 Å². The van der Waals surface area contributed by atoms with Crippen molar-refractivity contribution in [2.75, 3.05) is 11.9 Å². The van der Waals surface area contributed by atoms with Crippen LogP contribution in [0.1, 0.15) is 0 Å². The summed E-state index contributed by atoms with van der Waals surface area (Å²) in [4.78, 5) is 12.7. The van der Waals surface area contributed by atoms with Crippen molar-refractivity contribution in [1.82, 2.24) is 5.09 Å². The zero-order chi connectivity index (χ0) is 11.5. The molecule has 15 heavy (non-hydrogen) atoms. The summed E-state index contributed by atoms with van der Waals surface area (Å²) in [6, 6.07) is 8.22. The Kier molecular flexibility index (Phi) is 4.03. The Hall–Kier alpha value is -0.700. The third-order valence-corrected chi connectivity index (χ3v) is 2.63. The molecule has 0 aliphatic rings. The predicted octanol–water partition coefficient (Wildman–Crippen LogP) is 3.42. The van der Waals surface area contributed by atoms with Crippen molar-refractivity contribution in [3.8, 4) is 0 Å². The molecule has 0 aliphatic heterocycles. The molecule has 0 aromatic heterocycles. The van der Waals surface area contributed by atoms with Gasteiger partial charge in [-0.2, -0.15) is 0 Å². The molecule has 0 aliphatic carbocycles. The van der Waals surface area contributed by atoms with Crippen molar-refractivity contribution in [3.05, 3.63) is 30.3 Å². The third-order valence-electron chi connectivity index (χ3n) is 1.67. The van der Waals surface area contributed by atoms with Crippen molar-refractivity contribution >= 4 is 40.2 Å². The molecule has 4 nitrogen and oxygen atoms in total. The van der Waals surface area contributed by atoms with Crippen LogP contribution >= 0.6 is 28.5 Å². The fourth-order valence-electron chi connectivity index (χ4n) is 0.955. The van der Waals surface area contributed by atoms with E-state index in [1.54, 1.807) is 24.3 Å². The van der Waals surface area contributed by atoms with Crippen LogP contribution in [0.4, 0.5) is 10.5 Å². The van der Waals surface area contributed by atoms with Gasteiger partial charge in [0.1, 0.15) is 0 Å². The number of carbonyl (C=O) groups is 1. The first-order valence-corrected chi connectivity index (χ1v) is 7.52. The van der Waals surface area contributed by atoms with E-state index in [0.29, 0.717) is 5.69 Å². The summed E-state index contributed by atoms with van der Waals surface area (Å²) in [5, 5.41) is 1.99. The van der Waals surface area contributed by atoms with E-state index in [0.717, 1.165) is 0 Å². The SMILES string of the molecule is CN(C(=O)NP(=O)(Cl)Cl)c1ccccc1. The van der Waals surface area contributed by atoms with E-state index in [9.17, 15) is 9.36 Å². The Morgan fingerprint density at radius 3 is 2.33 bits per heavy atom. The zero-order valence-electron chi connectivity index (χ0n) is 7.85. The summed E-state index contributed by atoms with van der Waals surface area (Å²) in [5.74, 6) is -3.59. The fraction of sp³-hybridized carbons (Fsp3) is 0.125. The summed E-state index contributed by atoms with van der Waals surface area (Å²) < 4.78 is 10.9. The molecule has 1 N–H and O–H groups in total. The Morgan fingerprint density at radius 1 is 1.33 bits per heavy atom. The van der Waals surface area contributed by atoms with Crippen LogP contribution in [0.5, 0.6) is 0 Å². The molecule has 1 rings (SSSR count). The molecule has 0 unspecified atom stereocenters. The van der Waals surface area contributed by atoms with Crippen LogP contribution in [0.3, 0.4) is 0 Å². The van der Waals surface area contributed by atoms with E-state index < -0.39 is 12.0 Å². The molecular formula is C8H9Cl2N2O2P. The van der Waals surface area contributed by atoms with E-state index in [1.165, 1.54) is 11.9 Å². The summed E-state index contributed by atoms with van der Waals surface area (Å²) in [5.41, 5.74) is 0.650. The highest BCUT2D eigenvalue weighted by Crippen LogP contribution is 2.52. The normalized spacial score (nSPS) is 10.9. The topological polar surface area (TPSA) is 49.4 Å². The van der Waals surface area contributed by atoms with Gasteiger partial charge in [0.2, 0.25) is 0 Å². The van der Waals surface area contributed by atoms with Crippen LogP contribution in [0.2, 0.25) is 0 Å². The molecule has 0 radical (unpaired) electrons. The molecule has 0 saturated carbocycles. The Morgan fingerprint density at radius 2 is 1.87 bits per heavy atom. The van der Waals surface area contributed by atoms with Crippen LogP contribution in [0.15, 0.2) is 30.3 Å². The van der Waals surface area contributed by atoms with E-state index in [1.807, 2.05) is 11.2 Å². The largest absolute Gasteiger partial charge is 0.346 e. The highest BCUT2D eigenvalue weighted by atomic mass is 35.9. The molecule has 1 aromatic rings. The molecule has 0 saturated heterocycles. The van der Waals surface area contributed by atoms with Crippen molar-refractivity contribution in [2.24, 2.45) is 0 Å².